The van der Waals surface area contributed by atoms with Crippen molar-refractivity contribution in [1.29, 1.82) is 0 Å². The first-order valence-electron chi connectivity index (χ1n) is 8.67. The summed E-state index contributed by atoms with van der Waals surface area (Å²) in [6.45, 7) is 6.36. The Morgan fingerprint density at radius 3 is 2.68 bits per heavy atom. The second-order valence-electron chi connectivity index (χ2n) is 6.92. The number of methoxy groups -OCH3 is 1. The second-order valence-corrected chi connectivity index (χ2v) is 6.92. The maximum atomic E-state index is 11.9. The summed E-state index contributed by atoms with van der Waals surface area (Å²) in [4.78, 5) is 20.5. The van der Waals surface area contributed by atoms with E-state index in [4.69, 9.17) is 4.74 Å². The molecule has 0 saturated carbocycles. The van der Waals surface area contributed by atoms with Gasteiger partial charge in [0.15, 0.2) is 5.96 Å². The number of benzene rings is 1. The number of anilines is 1. The molecule has 2 rings (SSSR count). The van der Waals surface area contributed by atoms with E-state index in [0.29, 0.717) is 13.1 Å². The van der Waals surface area contributed by atoms with Gasteiger partial charge in [-0.25, -0.2) is 0 Å². The van der Waals surface area contributed by atoms with Crippen LogP contribution >= 0.6 is 0 Å². The summed E-state index contributed by atoms with van der Waals surface area (Å²) in [5.41, 5.74) is 3.68. The van der Waals surface area contributed by atoms with Crippen LogP contribution in [0.5, 0.6) is 0 Å². The Hall–Kier alpha value is -2.24. The zero-order chi connectivity index (χ0) is 18.6. The van der Waals surface area contributed by atoms with Crippen LogP contribution in [0.2, 0.25) is 0 Å². The number of guanidine groups is 1. The van der Waals surface area contributed by atoms with Gasteiger partial charge in [-0.15, -0.1) is 0 Å². The zero-order valence-corrected chi connectivity index (χ0v) is 16.2. The lowest BCUT2D eigenvalue weighted by Gasteiger charge is -2.22. The Labute approximate surface area is 150 Å². The van der Waals surface area contributed by atoms with Crippen LogP contribution < -0.4 is 10.2 Å². The first kappa shape index (κ1) is 19.1. The average Bonchev–Trinajstić information content (AvgIpc) is 2.97. The minimum atomic E-state index is -0.138. The van der Waals surface area contributed by atoms with Crippen molar-refractivity contribution in [2.45, 2.75) is 20.4 Å². The Bertz CT molecular complexity index is 642. The monoisotopic (exact) mass is 346 g/mol. The molecule has 0 radical (unpaired) electrons. The molecule has 1 N–H and O–H groups in total. The summed E-state index contributed by atoms with van der Waals surface area (Å²) >= 11 is 0. The van der Waals surface area contributed by atoms with Crippen LogP contribution in [0.15, 0.2) is 23.2 Å². The van der Waals surface area contributed by atoms with E-state index in [1.807, 2.05) is 14.1 Å². The number of carbonyl (C=O) groups excluding carboxylic acids is 1. The molecule has 0 bridgehead atoms. The number of hydrogen-bond acceptors (Lipinski definition) is 4. The van der Waals surface area contributed by atoms with Gasteiger partial charge in [0, 0.05) is 46.5 Å². The predicted octanol–water partition coefficient (Wildman–Crippen LogP) is 1.88. The van der Waals surface area contributed by atoms with E-state index in [-0.39, 0.29) is 17.8 Å². The Morgan fingerprint density at radius 2 is 2.12 bits per heavy atom. The highest BCUT2D eigenvalue weighted by Crippen LogP contribution is 2.24. The lowest BCUT2D eigenvalue weighted by atomic mass is 9.99. The Morgan fingerprint density at radius 1 is 1.40 bits per heavy atom. The lowest BCUT2D eigenvalue weighted by Crippen LogP contribution is -2.40. The minimum Gasteiger partial charge on any atom is -0.469 e. The maximum Gasteiger partial charge on any atom is 0.310 e. The summed E-state index contributed by atoms with van der Waals surface area (Å²) in [7, 11) is 7.31. The quantitative estimate of drug-likeness (QED) is 0.512. The number of aryl methyl sites for hydroxylation is 1. The molecule has 1 fully saturated rings. The molecule has 2 atom stereocenters. The summed E-state index contributed by atoms with van der Waals surface area (Å²) < 4.78 is 4.91. The number of rotatable bonds is 4. The number of hydrogen-bond donors (Lipinski definition) is 1. The van der Waals surface area contributed by atoms with Crippen molar-refractivity contribution in [1.82, 2.24) is 10.2 Å². The van der Waals surface area contributed by atoms with Gasteiger partial charge in [0.2, 0.25) is 0 Å². The van der Waals surface area contributed by atoms with Crippen LogP contribution in [0.25, 0.3) is 0 Å². The molecule has 1 saturated heterocycles. The van der Waals surface area contributed by atoms with Crippen molar-refractivity contribution in [3.05, 3.63) is 29.3 Å². The maximum absolute atomic E-state index is 11.9. The van der Waals surface area contributed by atoms with Gasteiger partial charge in [-0.3, -0.25) is 9.79 Å². The molecular formula is C19H30N4O2. The molecular weight excluding hydrogens is 316 g/mol. The SMILES string of the molecule is CN=C(NCc1ccc(N(C)C)cc1C)N1CC(C)C(C(=O)OC)C1. The van der Waals surface area contributed by atoms with Crippen LogP contribution in [0.3, 0.4) is 0 Å². The normalized spacial score (nSPS) is 20.6. The third kappa shape index (κ3) is 4.44. The highest BCUT2D eigenvalue weighted by atomic mass is 16.5. The van der Waals surface area contributed by atoms with Crippen molar-refractivity contribution in [3.8, 4) is 0 Å². The number of aliphatic imine (C=N–C) groups is 1. The van der Waals surface area contributed by atoms with E-state index in [1.165, 1.54) is 23.9 Å². The van der Waals surface area contributed by atoms with E-state index < -0.39 is 0 Å². The van der Waals surface area contributed by atoms with Gasteiger partial charge in [-0.1, -0.05) is 13.0 Å². The molecule has 6 nitrogen and oxygen atoms in total. The number of esters is 1. The third-order valence-corrected chi connectivity index (χ3v) is 4.91. The smallest absolute Gasteiger partial charge is 0.310 e. The number of likely N-dealkylation sites (tertiary alicyclic amines) is 1. The van der Waals surface area contributed by atoms with Gasteiger partial charge < -0.3 is 19.9 Å². The molecule has 1 aromatic carbocycles. The highest BCUT2D eigenvalue weighted by molar-refractivity contribution is 5.82. The molecule has 0 spiro atoms. The molecule has 0 amide bonds. The fourth-order valence-electron chi connectivity index (χ4n) is 3.26. The third-order valence-electron chi connectivity index (χ3n) is 4.91. The van der Waals surface area contributed by atoms with E-state index in [2.05, 4.69) is 52.2 Å². The molecule has 0 aromatic heterocycles. The molecule has 25 heavy (non-hydrogen) atoms. The summed E-state index contributed by atoms with van der Waals surface area (Å²) in [6, 6.07) is 6.46. The number of carbonyl (C=O) groups is 1. The average molecular weight is 346 g/mol. The van der Waals surface area contributed by atoms with Crippen LogP contribution in [-0.4, -0.2) is 58.2 Å². The van der Waals surface area contributed by atoms with Crippen molar-refractivity contribution >= 4 is 17.6 Å². The number of ether oxygens (including phenoxy) is 1. The fraction of sp³-hybridized carbons (Fsp3) is 0.579. The van der Waals surface area contributed by atoms with Crippen LogP contribution in [0.4, 0.5) is 5.69 Å². The lowest BCUT2D eigenvalue weighted by molar-refractivity contribution is -0.145. The Balaban J connectivity index is 2.01. The van der Waals surface area contributed by atoms with Gasteiger partial charge in [0.25, 0.3) is 0 Å². The largest absolute Gasteiger partial charge is 0.469 e. The molecule has 6 heteroatoms. The van der Waals surface area contributed by atoms with E-state index in [0.717, 1.165) is 12.5 Å². The summed E-state index contributed by atoms with van der Waals surface area (Å²) in [5.74, 6) is 0.853. The van der Waals surface area contributed by atoms with E-state index in [9.17, 15) is 4.79 Å². The molecule has 1 heterocycles. The topological polar surface area (TPSA) is 57.2 Å². The summed E-state index contributed by atoms with van der Waals surface area (Å²) in [6.07, 6.45) is 0. The standard InChI is InChI=1S/C19H30N4O2/c1-13-9-16(22(4)5)8-7-15(13)10-21-19(20-3)23-11-14(2)17(12-23)18(24)25-6/h7-9,14,17H,10-12H2,1-6H3,(H,20,21). The van der Waals surface area contributed by atoms with Crippen molar-refractivity contribution in [2.24, 2.45) is 16.8 Å². The zero-order valence-electron chi connectivity index (χ0n) is 16.2. The van der Waals surface area contributed by atoms with E-state index in [1.54, 1.807) is 7.05 Å². The molecule has 138 valence electrons. The van der Waals surface area contributed by atoms with Crippen molar-refractivity contribution in [3.63, 3.8) is 0 Å². The number of nitrogens with zero attached hydrogens (tertiary/aromatic N) is 3. The first-order valence-corrected chi connectivity index (χ1v) is 8.67. The fourth-order valence-corrected chi connectivity index (χ4v) is 3.26. The van der Waals surface area contributed by atoms with Crippen LogP contribution in [-0.2, 0) is 16.1 Å². The minimum absolute atomic E-state index is 0.0929. The molecule has 2 unspecified atom stereocenters. The summed E-state index contributed by atoms with van der Waals surface area (Å²) in [5, 5.41) is 3.43. The van der Waals surface area contributed by atoms with Gasteiger partial charge in [-0.2, -0.15) is 0 Å². The van der Waals surface area contributed by atoms with Crippen molar-refractivity contribution < 1.29 is 9.53 Å². The molecule has 1 aliphatic heterocycles. The van der Waals surface area contributed by atoms with Crippen LogP contribution in [0.1, 0.15) is 18.1 Å². The number of nitrogens with one attached hydrogen (secondary N) is 1. The van der Waals surface area contributed by atoms with Gasteiger partial charge >= 0.3 is 5.97 Å². The molecule has 1 aromatic rings. The van der Waals surface area contributed by atoms with Crippen molar-refractivity contribution in [2.75, 3.05) is 46.2 Å². The van der Waals surface area contributed by atoms with Gasteiger partial charge in [0.05, 0.1) is 13.0 Å². The highest BCUT2D eigenvalue weighted by Gasteiger charge is 2.36. The molecule has 0 aliphatic carbocycles. The predicted molar refractivity (Wildman–Crippen MR) is 102 cm³/mol. The Kier molecular flexibility index (Phi) is 6.28. The first-order chi connectivity index (χ1) is 11.9. The van der Waals surface area contributed by atoms with E-state index >= 15 is 0 Å². The van der Waals surface area contributed by atoms with Gasteiger partial charge in [0.1, 0.15) is 0 Å². The van der Waals surface area contributed by atoms with Gasteiger partial charge in [-0.05, 0) is 36.1 Å². The van der Waals surface area contributed by atoms with Crippen LogP contribution in [0, 0.1) is 18.8 Å². The molecule has 1 aliphatic rings. The second kappa shape index (κ2) is 8.23.